The molecule has 4 aromatic rings. The lowest BCUT2D eigenvalue weighted by atomic mass is 10.2. The molecule has 2 aromatic heterocycles. The molecule has 11 nitrogen and oxygen atoms in total. The van der Waals surface area contributed by atoms with Gasteiger partial charge in [0.2, 0.25) is 5.95 Å². The number of nitrogens with zero attached hydrogens (tertiary/aromatic N) is 4. The molecule has 0 spiro atoms. The molecule has 37 heavy (non-hydrogen) atoms. The molecule has 11 heteroatoms. The molecule has 0 saturated carbocycles. The molecular weight excluding hydrogens is 476 g/mol. The monoisotopic (exact) mass is 504 g/mol. The zero-order valence-corrected chi connectivity index (χ0v) is 20.7. The molecule has 2 heterocycles. The van der Waals surface area contributed by atoms with E-state index in [4.69, 9.17) is 9.47 Å². The molecule has 0 aliphatic carbocycles. The van der Waals surface area contributed by atoms with Crippen molar-refractivity contribution in [2.75, 3.05) is 19.1 Å². The fourth-order valence-electron chi connectivity index (χ4n) is 3.58. The number of aromatic nitrogens is 4. The summed E-state index contributed by atoms with van der Waals surface area (Å²) in [5, 5.41) is 15.1. The Hall–Kier alpha value is -4.64. The van der Waals surface area contributed by atoms with Crippen molar-refractivity contribution in [3.05, 3.63) is 87.1 Å². The van der Waals surface area contributed by atoms with Crippen molar-refractivity contribution in [2.24, 2.45) is 12.1 Å². The van der Waals surface area contributed by atoms with Crippen LogP contribution < -0.4 is 26.1 Å². The highest BCUT2D eigenvalue weighted by Crippen LogP contribution is 2.19. The van der Waals surface area contributed by atoms with Crippen molar-refractivity contribution in [1.82, 2.24) is 19.1 Å². The minimum absolute atomic E-state index is 0.0370. The maximum Gasteiger partial charge on any atom is 0.329 e. The third-order valence-corrected chi connectivity index (χ3v) is 5.55. The summed E-state index contributed by atoms with van der Waals surface area (Å²) in [6, 6.07) is 16.7. The highest BCUT2D eigenvalue weighted by molar-refractivity contribution is 5.96. The summed E-state index contributed by atoms with van der Waals surface area (Å²) < 4.78 is 13.5. The second-order valence-corrected chi connectivity index (χ2v) is 8.29. The third-order valence-electron chi connectivity index (χ3n) is 5.55. The summed E-state index contributed by atoms with van der Waals surface area (Å²) in [5.41, 5.74) is 3.60. The van der Waals surface area contributed by atoms with Gasteiger partial charge in [0.1, 0.15) is 24.2 Å². The Morgan fingerprint density at radius 1 is 1.16 bits per heavy atom. The van der Waals surface area contributed by atoms with Gasteiger partial charge in [0.25, 0.3) is 5.56 Å². The first-order valence-electron chi connectivity index (χ1n) is 11.5. The molecule has 192 valence electrons. The van der Waals surface area contributed by atoms with Crippen LogP contribution in [0.25, 0.3) is 17.2 Å². The first-order valence-corrected chi connectivity index (χ1v) is 11.5. The fraction of sp³-hybridized carbons (Fsp3) is 0.231. The number of allylic oxidation sites excluding steroid dienone is 1. The summed E-state index contributed by atoms with van der Waals surface area (Å²) in [5.74, 6) is 1.44. The minimum Gasteiger partial charge on any atom is -0.497 e. The van der Waals surface area contributed by atoms with Crippen molar-refractivity contribution < 1.29 is 14.6 Å². The Balaban J connectivity index is 1.57. The van der Waals surface area contributed by atoms with Crippen LogP contribution in [0.2, 0.25) is 0 Å². The predicted molar refractivity (Wildman–Crippen MR) is 142 cm³/mol. The van der Waals surface area contributed by atoms with E-state index in [2.05, 4.69) is 20.5 Å². The van der Waals surface area contributed by atoms with Gasteiger partial charge >= 0.3 is 5.69 Å². The minimum atomic E-state index is -1.00. The summed E-state index contributed by atoms with van der Waals surface area (Å²) >= 11 is 0. The molecule has 0 saturated heterocycles. The molecule has 1 atom stereocenters. The average Bonchev–Trinajstić information content (AvgIpc) is 3.27. The van der Waals surface area contributed by atoms with Gasteiger partial charge in [-0.15, -0.1) is 0 Å². The number of hydrazone groups is 1. The molecule has 2 aromatic carbocycles. The third kappa shape index (κ3) is 6.14. The van der Waals surface area contributed by atoms with E-state index in [0.717, 1.165) is 5.56 Å². The quantitative estimate of drug-likeness (QED) is 0.223. The van der Waals surface area contributed by atoms with Crippen LogP contribution in [-0.4, -0.2) is 49.7 Å². The summed E-state index contributed by atoms with van der Waals surface area (Å²) in [6.45, 7) is 1.72. The average molecular weight is 505 g/mol. The largest absolute Gasteiger partial charge is 0.497 e. The highest BCUT2D eigenvalue weighted by atomic mass is 16.5. The van der Waals surface area contributed by atoms with E-state index in [1.54, 1.807) is 38.3 Å². The van der Waals surface area contributed by atoms with Crippen molar-refractivity contribution in [2.45, 2.75) is 19.6 Å². The van der Waals surface area contributed by atoms with Crippen molar-refractivity contribution in [3.63, 3.8) is 0 Å². The Bertz CT molecular complexity index is 1530. The summed E-state index contributed by atoms with van der Waals surface area (Å²) in [6.07, 6.45) is 2.74. The van der Waals surface area contributed by atoms with Crippen LogP contribution in [-0.2, 0) is 13.6 Å². The zero-order valence-electron chi connectivity index (χ0n) is 20.7. The lowest BCUT2D eigenvalue weighted by molar-refractivity contribution is 0.0938. The number of aryl methyl sites for hydroxylation is 1. The molecule has 0 radical (unpaired) electrons. The number of methoxy groups -OCH3 is 1. The van der Waals surface area contributed by atoms with Crippen LogP contribution >= 0.6 is 0 Å². The van der Waals surface area contributed by atoms with E-state index in [1.807, 2.05) is 42.5 Å². The van der Waals surface area contributed by atoms with E-state index < -0.39 is 17.4 Å². The van der Waals surface area contributed by atoms with Gasteiger partial charge in [0.15, 0.2) is 11.2 Å². The fourth-order valence-corrected chi connectivity index (χ4v) is 3.58. The molecular formula is C26H28N6O5. The number of hydrogen-bond acceptors (Lipinski definition) is 8. The number of benzene rings is 2. The van der Waals surface area contributed by atoms with Crippen LogP contribution in [0, 0.1) is 0 Å². The van der Waals surface area contributed by atoms with E-state index in [1.165, 1.54) is 16.2 Å². The molecule has 3 N–H and O–H groups in total. The van der Waals surface area contributed by atoms with Gasteiger partial charge in [-0.1, -0.05) is 36.4 Å². The van der Waals surface area contributed by atoms with Crippen LogP contribution in [0.1, 0.15) is 12.5 Å². The Morgan fingerprint density at radius 2 is 1.86 bits per heavy atom. The predicted octanol–water partition coefficient (Wildman–Crippen LogP) is 2.37. The number of anilines is 1. The first kappa shape index (κ1) is 25.5. The van der Waals surface area contributed by atoms with Gasteiger partial charge in [0.05, 0.1) is 19.4 Å². The summed E-state index contributed by atoms with van der Waals surface area (Å²) in [4.78, 5) is 31.5. The van der Waals surface area contributed by atoms with E-state index in [0.29, 0.717) is 17.2 Å². The molecule has 0 aliphatic heterocycles. The lowest BCUT2D eigenvalue weighted by Gasteiger charge is -2.15. The smallest absolute Gasteiger partial charge is 0.329 e. The lowest BCUT2D eigenvalue weighted by Crippen LogP contribution is -2.30. The van der Waals surface area contributed by atoms with Crippen molar-refractivity contribution in [1.29, 1.82) is 0 Å². The van der Waals surface area contributed by atoms with E-state index >= 15 is 0 Å². The molecule has 0 aliphatic rings. The number of imidazole rings is 1. The normalized spacial score (nSPS) is 12.7. The van der Waals surface area contributed by atoms with Crippen LogP contribution in [0.5, 0.6) is 11.5 Å². The Labute approximate surface area is 212 Å². The van der Waals surface area contributed by atoms with Crippen LogP contribution in [0.4, 0.5) is 5.95 Å². The van der Waals surface area contributed by atoms with Crippen LogP contribution in [0.15, 0.2) is 75.4 Å². The number of hydrogen-bond donors (Lipinski definition) is 3. The molecule has 0 bridgehead atoms. The Kier molecular flexibility index (Phi) is 7.84. The molecule has 4 rings (SSSR count). The van der Waals surface area contributed by atoms with Gasteiger partial charge in [-0.05, 0) is 42.8 Å². The second kappa shape index (κ2) is 11.4. The van der Waals surface area contributed by atoms with Gasteiger partial charge < -0.3 is 19.1 Å². The number of nitrogens with one attached hydrogen (secondary N) is 2. The molecule has 1 unspecified atom stereocenters. The second-order valence-electron chi connectivity index (χ2n) is 8.29. The first-order chi connectivity index (χ1) is 17.9. The van der Waals surface area contributed by atoms with E-state index in [9.17, 15) is 14.7 Å². The van der Waals surface area contributed by atoms with Gasteiger partial charge in [-0.3, -0.25) is 14.3 Å². The molecule has 0 fully saturated rings. The maximum atomic E-state index is 12.7. The zero-order chi connectivity index (χ0) is 26.4. The maximum absolute atomic E-state index is 12.7. The van der Waals surface area contributed by atoms with Gasteiger partial charge in [-0.2, -0.15) is 10.1 Å². The highest BCUT2D eigenvalue weighted by Gasteiger charge is 2.20. The molecule has 0 amide bonds. The SMILES string of the molecule is COc1ccc(OCC(O)Cn2c(N/N=C(C)/C=C/c3ccccc3)nc3c2c(=O)[nH]c(=O)n3C)cc1. The number of ether oxygens (including phenoxy) is 2. The number of rotatable bonds is 10. The number of aliphatic hydroxyl groups excluding tert-OH is 1. The number of aliphatic hydroxyl groups is 1. The van der Waals surface area contributed by atoms with Crippen LogP contribution in [0.3, 0.4) is 0 Å². The van der Waals surface area contributed by atoms with E-state index in [-0.39, 0.29) is 30.3 Å². The van der Waals surface area contributed by atoms with Crippen molar-refractivity contribution >= 4 is 28.9 Å². The van der Waals surface area contributed by atoms with Gasteiger partial charge in [-0.25, -0.2) is 10.2 Å². The summed E-state index contributed by atoms with van der Waals surface area (Å²) in [7, 11) is 3.07. The number of fused-ring (bicyclic) bond motifs is 1. The standard InChI is InChI=1S/C26H28N6O5/c1-17(9-10-18-7-5-4-6-8-18)29-30-25-27-23-22(24(34)28-26(35)31(23)2)32(25)15-19(33)16-37-21-13-11-20(36-3)12-14-21/h4-14,19,33H,15-16H2,1-3H3,(H,27,30)(H,28,34,35)/b10-9+,29-17+. The van der Waals surface area contributed by atoms with Gasteiger partial charge in [0, 0.05) is 7.05 Å². The number of H-pyrrole nitrogens is 1. The Morgan fingerprint density at radius 3 is 2.57 bits per heavy atom. The van der Waals surface area contributed by atoms with Crippen molar-refractivity contribution in [3.8, 4) is 11.5 Å². The number of aromatic amines is 1. The topological polar surface area (TPSA) is 136 Å².